The second-order valence-electron chi connectivity index (χ2n) is 4.46. The highest BCUT2D eigenvalue weighted by atomic mass is 19.1. The molecule has 0 saturated heterocycles. The Labute approximate surface area is 122 Å². The molecule has 2 N–H and O–H groups in total. The van der Waals surface area contributed by atoms with Crippen molar-refractivity contribution in [2.24, 2.45) is 0 Å². The van der Waals surface area contributed by atoms with Crippen molar-refractivity contribution in [1.29, 1.82) is 0 Å². The molecule has 0 atom stereocenters. The first kappa shape index (κ1) is 15.3. The fraction of sp³-hybridized carbons (Fsp3) is 0.200. The smallest absolute Gasteiger partial charge is 0.488 e. The summed E-state index contributed by atoms with van der Waals surface area (Å²) in [4.78, 5) is 0. The van der Waals surface area contributed by atoms with Crippen molar-refractivity contribution in [3.63, 3.8) is 0 Å². The van der Waals surface area contributed by atoms with E-state index < -0.39 is 12.9 Å². The molecule has 2 aromatic carbocycles. The minimum absolute atomic E-state index is 0.0607. The van der Waals surface area contributed by atoms with Gasteiger partial charge in [-0.2, -0.15) is 0 Å². The van der Waals surface area contributed by atoms with E-state index in [0.717, 1.165) is 11.8 Å². The van der Waals surface area contributed by atoms with E-state index in [2.05, 4.69) is 0 Å². The predicted octanol–water partition coefficient (Wildman–Crippen LogP) is 1.35. The molecule has 0 aliphatic rings. The maximum Gasteiger partial charge on any atom is 0.488 e. The Morgan fingerprint density at radius 1 is 0.905 bits per heavy atom. The molecule has 0 saturated carbocycles. The standard InChI is InChI=1S/C15H16BFO4/c17-13-9-12(16(18)19)10-15(11-13)21-8-4-7-20-14-5-2-1-3-6-14/h1-3,5-6,9-11,18-19H,4,7-8H2. The lowest BCUT2D eigenvalue weighted by atomic mass is 9.80. The van der Waals surface area contributed by atoms with Gasteiger partial charge in [0.05, 0.1) is 13.2 Å². The van der Waals surface area contributed by atoms with E-state index in [1.165, 1.54) is 12.1 Å². The van der Waals surface area contributed by atoms with Crippen LogP contribution in [0.1, 0.15) is 6.42 Å². The van der Waals surface area contributed by atoms with Gasteiger partial charge in [-0.1, -0.05) is 18.2 Å². The molecule has 6 heteroatoms. The molecular formula is C15H16BFO4. The fourth-order valence-electron chi connectivity index (χ4n) is 1.77. The minimum atomic E-state index is -1.72. The Balaban J connectivity index is 1.76. The molecular weight excluding hydrogens is 274 g/mol. The van der Waals surface area contributed by atoms with Crippen molar-refractivity contribution in [1.82, 2.24) is 0 Å². The Morgan fingerprint density at radius 2 is 1.57 bits per heavy atom. The lowest BCUT2D eigenvalue weighted by Gasteiger charge is -2.09. The quantitative estimate of drug-likeness (QED) is 0.597. The Morgan fingerprint density at radius 3 is 2.24 bits per heavy atom. The van der Waals surface area contributed by atoms with Crippen LogP contribution in [0.2, 0.25) is 0 Å². The monoisotopic (exact) mass is 290 g/mol. The number of para-hydroxylation sites is 1. The van der Waals surface area contributed by atoms with Gasteiger partial charge in [0.1, 0.15) is 17.3 Å². The Kier molecular flexibility index (Phi) is 5.60. The first-order valence-electron chi connectivity index (χ1n) is 6.62. The zero-order chi connectivity index (χ0) is 15.1. The minimum Gasteiger partial charge on any atom is -0.493 e. The summed E-state index contributed by atoms with van der Waals surface area (Å²) in [5.74, 6) is 0.475. The molecule has 0 radical (unpaired) electrons. The maximum atomic E-state index is 13.3. The summed E-state index contributed by atoms with van der Waals surface area (Å²) in [6, 6.07) is 13.1. The first-order valence-corrected chi connectivity index (χ1v) is 6.62. The maximum absolute atomic E-state index is 13.3. The van der Waals surface area contributed by atoms with Crippen LogP contribution in [-0.4, -0.2) is 30.4 Å². The molecule has 0 aliphatic carbocycles. The van der Waals surface area contributed by atoms with Crippen LogP contribution in [0.4, 0.5) is 4.39 Å². The van der Waals surface area contributed by atoms with Crippen molar-refractivity contribution >= 4 is 12.6 Å². The van der Waals surface area contributed by atoms with Crippen molar-refractivity contribution < 1.29 is 23.9 Å². The number of hydrogen-bond acceptors (Lipinski definition) is 4. The Hall–Kier alpha value is -2.05. The second kappa shape index (κ2) is 7.66. The number of hydrogen-bond donors (Lipinski definition) is 2. The van der Waals surface area contributed by atoms with Gasteiger partial charge in [0, 0.05) is 12.5 Å². The SMILES string of the molecule is OB(O)c1cc(F)cc(OCCCOc2ccccc2)c1. The largest absolute Gasteiger partial charge is 0.493 e. The first-order chi connectivity index (χ1) is 10.1. The summed E-state index contributed by atoms with van der Waals surface area (Å²) in [5, 5.41) is 18.0. The predicted molar refractivity (Wildman–Crippen MR) is 78.3 cm³/mol. The van der Waals surface area contributed by atoms with Crippen LogP contribution in [0.25, 0.3) is 0 Å². The van der Waals surface area contributed by atoms with Crippen LogP contribution >= 0.6 is 0 Å². The summed E-state index contributed by atoms with van der Waals surface area (Å²) in [7, 11) is -1.72. The molecule has 0 aromatic heterocycles. The molecule has 0 amide bonds. The Bertz CT molecular complexity index is 563. The number of halogens is 1. The van der Waals surface area contributed by atoms with E-state index in [4.69, 9.17) is 19.5 Å². The zero-order valence-corrected chi connectivity index (χ0v) is 11.4. The van der Waals surface area contributed by atoms with Crippen molar-refractivity contribution in [3.05, 3.63) is 54.3 Å². The summed E-state index contributed by atoms with van der Waals surface area (Å²) < 4.78 is 24.1. The average molecular weight is 290 g/mol. The van der Waals surface area contributed by atoms with Gasteiger partial charge in [-0.25, -0.2) is 4.39 Å². The highest BCUT2D eigenvalue weighted by Gasteiger charge is 2.13. The highest BCUT2D eigenvalue weighted by Crippen LogP contribution is 2.12. The summed E-state index contributed by atoms with van der Waals surface area (Å²) >= 11 is 0. The van der Waals surface area contributed by atoms with E-state index in [0.29, 0.717) is 19.6 Å². The van der Waals surface area contributed by atoms with Crippen LogP contribution in [-0.2, 0) is 0 Å². The molecule has 0 bridgehead atoms. The molecule has 0 fully saturated rings. The molecule has 0 unspecified atom stereocenters. The fourth-order valence-corrected chi connectivity index (χ4v) is 1.77. The van der Waals surface area contributed by atoms with Gasteiger partial charge in [0.25, 0.3) is 0 Å². The normalized spacial score (nSPS) is 10.2. The van der Waals surface area contributed by atoms with Gasteiger partial charge < -0.3 is 19.5 Å². The van der Waals surface area contributed by atoms with Crippen molar-refractivity contribution in [3.8, 4) is 11.5 Å². The van der Waals surface area contributed by atoms with Crippen LogP contribution in [0.15, 0.2) is 48.5 Å². The third-order valence-corrected chi connectivity index (χ3v) is 2.76. The van der Waals surface area contributed by atoms with Gasteiger partial charge in [-0.15, -0.1) is 0 Å². The van der Waals surface area contributed by atoms with Crippen molar-refractivity contribution in [2.75, 3.05) is 13.2 Å². The lowest BCUT2D eigenvalue weighted by Crippen LogP contribution is -2.30. The molecule has 0 aliphatic heterocycles. The van der Waals surface area contributed by atoms with E-state index in [1.807, 2.05) is 30.3 Å². The van der Waals surface area contributed by atoms with Gasteiger partial charge in [0.2, 0.25) is 0 Å². The van der Waals surface area contributed by atoms with Crippen LogP contribution in [0, 0.1) is 5.82 Å². The summed E-state index contributed by atoms with van der Waals surface area (Å²) in [6.07, 6.45) is 0.627. The van der Waals surface area contributed by atoms with Gasteiger partial charge in [0.15, 0.2) is 0 Å². The molecule has 0 heterocycles. The molecule has 21 heavy (non-hydrogen) atoms. The number of ether oxygens (including phenoxy) is 2. The van der Waals surface area contributed by atoms with Crippen molar-refractivity contribution in [2.45, 2.75) is 6.42 Å². The molecule has 4 nitrogen and oxygen atoms in total. The van der Waals surface area contributed by atoms with Crippen LogP contribution < -0.4 is 14.9 Å². The second-order valence-corrected chi connectivity index (χ2v) is 4.46. The lowest BCUT2D eigenvalue weighted by molar-refractivity contribution is 0.247. The third-order valence-electron chi connectivity index (χ3n) is 2.76. The average Bonchev–Trinajstić information content (AvgIpc) is 2.47. The third kappa shape index (κ3) is 5.09. The summed E-state index contributed by atoms with van der Waals surface area (Å²) in [6.45, 7) is 0.825. The van der Waals surface area contributed by atoms with E-state index in [-0.39, 0.29) is 11.2 Å². The van der Waals surface area contributed by atoms with Gasteiger partial charge >= 0.3 is 7.12 Å². The van der Waals surface area contributed by atoms with E-state index in [1.54, 1.807) is 0 Å². The molecule has 110 valence electrons. The van der Waals surface area contributed by atoms with E-state index in [9.17, 15) is 4.39 Å². The van der Waals surface area contributed by atoms with E-state index >= 15 is 0 Å². The molecule has 2 aromatic rings. The highest BCUT2D eigenvalue weighted by molar-refractivity contribution is 6.58. The van der Waals surface area contributed by atoms with Gasteiger partial charge in [-0.3, -0.25) is 0 Å². The number of benzene rings is 2. The van der Waals surface area contributed by atoms with Crippen LogP contribution in [0.3, 0.4) is 0 Å². The number of rotatable bonds is 7. The zero-order valence-electron chi connectivity index (χ0n) is 11.4. The topological polar surface area (TPSA) is 58.9 Å². The molecule has 0 spiro atoms. The van der Waals surface area contributed by atoms with Gasteiger partial charge in [-0.05, 0) is 29.7 Å². The summed E-state index contributed by atoms with van der Waals surface area (Å²) in [5.41, 5.74) is 0.0607. The van der Waals surface area contributed by atoms with Crippen LogP contribution in [0.5, 0.6) is 11.5 Å². The molecule has 2 rings (SSSR count).